The van der Waals surface area contributed by atoms with Crippen molar-refractivity contribution in [3.8, 4) is 0 Å². The fourth-order valence-electron chi connectivity index (χ4n) is 9.42. The van der Waals surface area contributed by atoms with Gasteiger partial charge in [-0.05, 0) is 53.8 Å². The number of quaternary nitrogens is 1. The van der Waals surface area contributed by atoms with Crippen molar-refractivity contribution in [2.45, 2.75) is 57.2 Å². The van der Waals surface area contributed by atoms with Crippen molar-refractivity contribution in [3.63, 3.8) is 0 Å². The second-order valence-corrected chi connectivity index (χ2v) is 13.0. The number of hydrogen-bond donors (Lipinski definition) is 0. The van der Waals surface area contributed by atoms with Gasteiger partial charge in [0, 0.05) is 17.4 Å². The predicted molar refractivity (Wildman–Crippen MR) is 156 cm³/mol. The van der Waals surface area contributed by atoms with Gasteiger partial charge in [0.2, 0.25) is 0 Å². The topological polar surface area (TPSA) is 9.23 Å². The lowest BCUT2D eigenvalue weighted by Gasteiger charge is -2.43. The lowest BCUT2D eigenvalue weighted by molar-refractivity contribution is -0.968. The van der Waals surface area contributed by atoms with Crippen LogP contribution in [0.2, 0.25) is 0 Å². The molecule has 4 aromatic carbocycles. The monoisotopic (exact) mass is 635 g/mol. The average Bonchev–Trinajstić information content (AvgIpc) is 3.51. The third-order valence-electron chi connectivity index (χ3n) is 11.0. The van der Waals surface area contributed by atoms with Gasteiger partial charge in [-0.2, -0.15) is 13.2 Å². The number of hydrogen-bond acceptors (Lipinski definition) is 1. The molecular formula is C36H37BrF3NO. The Morgan fingerprint density at radius 3 is 2.26 bits per heavy atom. The zero-order valence-electron chi connectivity index (χ0n) is 24.1. The molecule has 2 aliphatic heterocycles. The summed E-state index contributed by atoms with van der Waals surface area (Å²) in [7, 11) is 0. The van der Waals surface area contributed by atoms with Gasteiger partial charge >= 0.3 is 6.18 Å². The highest BCUT2D eigenvalue weighted by atomic mass is 79.9. The Labute approximate surface area is 256 Å². The number of ether oxygens (including phenoxy) is 1. The smallest absolute Gasteiger partial charge is 0.416 e. The third kappa shape index (κ3) is 4.36. The lowest BCUT2D eigenvalue weighted by Crippen LogP contribution is -3.00. The van der Waals surface area contributed by atoms with Gasteiger partial charge in [-0.3, -0.25) is 0 Å². The zero-order chi connectivity index (χ0) is 28.5. The largest absolute Gasteiger partial charge is 1.00 e. The molecule has 6 atom stereocenters. The van der Waals surface area contributed by atoms with Crippen LogP contribution in [0.5, 0.6) is 0 Å². The SMILES string of the molecule is C[C@@H]1C[N@@+]2(Cc3ccc(C(F)(F)F)cc3)C[C@](OCc3ccccc3)(c3cccc4ccccc34)[C@H]3CC[C@@H]1[C@]32C.[Br-]. The van der Waals surface area contributed by atoms with Crippen molar-refractivity contribution in [1.82, 2.24) is 0 Å². The van der Waals surface area contributed by atoms with E-state index in [2.05, 4.69) is 80.6 Å². The Kier molecular flexibility index (Phi) is 7.35. The van der Waals surface area contributed by atoms with Crippen LogP contribution in [0.15, 0.2) is 97.1 Å². The number of fused-ring (bicyclic) bond motifs is 1. The maximum Gasteiger partial charge on any atom is 0.416 e. The Balaban J connectivity index is 0.00000316. The highest BCUT2D eigenvalue weighted by Crippen LogP contribution is 2.68. The molecule has 3 fully saturated rings. The molecule has 0 radical (unpaired) electrons. The first-order valence-electron chi connectivity index (χ1n) is 14.8. The predicted octanol–water partition coefficient (Wildman–Crippen LogP) is 5.74. The normalized spacial score (nSPS) is 31.7. The van der Waals surface area contributed by atoms with Crippen LogP contribution in [0.25, 0.3) is 10.8 Å². The minimum atomic E-state index is -4.33. The Morgan fingerprint density at radius 2 is 1.52 bits per heavy atom. The molecule has 0 bridgehead atoms. The van der Waals surface area contributed by atoms with E-state index >= 15 is 0 Å². The van der Waals surface area contributed by atoms with Crippen molar-refractivity contribution in [2.75, 3.05) is 13.1 Å². The first-order chi connectivity index (χ1) is 19.7. The molecule has 0 amide bonds. The standard InChI is InChI=1S/C36H37F3NO.BrH/c1-25-21-40(22-26-15-17-29(18-16-26)36(37,38)39)24-35(33-20-19-31(25)34(33,40)2,41-23-27-9-4-3-5-10-27)32-14-8-12-28-11-6-7-13-30(28)32;/h3-18,25,31,33H,19-24H2,1-2H3;1H/q+1;/p-1/t25-,31+,33+,34-,35+,40-;/m1./s1. The molecule has 2 nitrogen and oxygen atoms in total. The van der Waals surface area contributed by atoms with E-state index in [4.69, 9.17) is 4.74 Å². The van der Waals surface area contributed by atoms with Gasteiger partial charge in [0.25, 0.3) is 0 Å². The van der Waals surface area contributed by atoms with Gasteiger partial charge in [0.1, 0.15) is 18.6 Å². The fourth-order valence-corrected chi connectivity index (χ4v) is 9.42. The number of halogens is 4. The summed E-state index contributed by atoms with van der Waals surface area (Å²) in [5, 5.41) is 2.44. The van der Waals surface area contributed by atoms with E-state index < -0.39 is 17.3 Å². The second kappa shape index (κ2) is 10.5. The van der Waals surface area contributed by atoms with Crippen molar-refractivity contribution in [3.05, 3.63) is 119 Å². The highest BCUT2D eigenvalue weighted by molar-refractivity contribution is 5.86. The third-order valence-corrected chi connectivity index (χ3v) is 11.0. The van der Waals surface area contributed by atoms with Gasteiger partial charge in [-0.15, -0.1) is 0 Å². The van der Waals surface area contributed by atoms with Gasteiger partial charge in [-0.25, -0.2) is 0 Å². The molecule has 1 aliphatic carbocycles. The Morgan fingerprint density at radius 1 is 0.833 bits per heavy atom. The van der Waals surface area contributed by atoms with E-state index in [1.54, 1.807) is 12.1 Å². The van der Waals surface area contributed by atoms with E-state index in [-0.39, 0.29) is 22.5 Å². The van der Waals surface area contributed by atoms with E-state index in [9.17, 15) is 13.2 Å². The molecule has 3 aliphatic rings. The lowest BCUT2D eigenvalue weighted by atomic mass is 9.72. The molecule has 0 spiro atoms. The van der Waals surface area contributed by atoms with Crippen LogP contribution in [0, 0.1) is 17.8 Å². The van der Waals surface area contributed by atoms with E-state index in [0.717, 1.165) is 41.5 Å². The summed E-state index contributed by atoms with van der Waals surface area (Å²) in [6, 6.07) is 31.5. The number of alkyl halides is 3. The second-order valence-electron chi connectivity index (χ2n) is 13.0. The molecule has 0 N–H and O–H groups in total. The maximum atomic E-state index is 13.4. The number of benzene rings is 4. The Hall–Kier alpha value is -2.67. The first-order valence-corrected chi connectivity index (χ1v) is 14.8. The summed E-state index contributed by atoms with van der Waals surface area (Å²) in [5.74, 6) is 1.41. The molecule has 42 heavy (non-hydrogen) atoms. The van der Waals surface area contributed by atoms with Crippen LogP contribution in [-0.4, -0.2) is 23.1 Å². The number of nitrogens with zero attached hydrogens (tertiary/aromatic N) is 1. The average molecular weight is 637 g/mol. The Bertz CT molecular complexity index is 1570. The molecule has 0 unspecified atom stereocenters. The van der Waals surface area contributed by atoms with Crippen molar-refractivity contribution in [1.29, 1.82) is 0 Å². The van der Waals surface area contributed by atoms with Crippen LogP contribution in [0.1, 0.15) is 48.9 Å². The summed E-state index contributed by atoms with van der Waals surface area (Å²) < 4.78 is 48.3. The molecular weight excluding hydrogens is 599 g/mol. The minimum Gasteiger partial charge on any atom is -1.00 e. The maximum absolute atomic E-state index is 13.4. The summed E-state index contributed by atoms with van der Waals surface area (Å²) >= 11 is 0. The zero-order valence-corrected chi connectivity index (χ0v) is 25.7. The van der Waals surface area contributed by atoms with Gasteiger partial charge in [0.05, 0.1) is 24.6 Å². The van der Waals surface area contributed by atoms with Crippen molar-refractivity contribution >= 4 is 10.8 Å². The summed E-state index contributed by atoms with van der Waals surface area (Å²) in [5.41, 5.74) is 2.25. The minimum absolute atomic E-state index is 0. The van der Waals surface area contributed by atoms with Crippen LogP contribution < -0.4 is 17.0 Å². The fraction of sp³-hybridized carbons (Fsp3) is 0.389. The highest BCUT2D eigenvalue weighted by Gasteiger charge is 2.78. The summed E-state index contributed by atoms with van der Waals surface area (Å²) in [6.45, 7) is 7.93. The first kappa shape index (κ1) is 29.4. The van der Waals surface area contributed by atoms with Crippen molar-refractivity contribution < 1.29 is 39.4 Å². The molecule has 2 saturated heterocycles. The van der Waals surface area contributed by atoms with Crippen LogP contribution >= 0.6 is 0 Å². The van der Waals surface area contributed by atoms with E-state index in [0.29, 0.717) is 30.9 Å². The summed E-state index contributed by atoms with van der Waals surface area (Å²) in [4.78, 5) is 0. The van der Waals surface area contributed by atoms with Crippen LogP contribution in [0.3, 0.4) is 0 Å². The molecule has 4 aromatic rings. The van der Waals surface area contributed by atoms with Gasteiger partial charge in [-0.1, -0.05) is 91.9 Å². The van der Waals surface area contributed by atoms with E-state index in [1.807, 2.05) is 6.07 Å². The number of rotatable bonds is 6. The molecule has 0 aromatic heterocycles. The van der Waals surface area contributed by atoms with Crippen molar-refractivity contribution in [2.24, 2.45) is 17.8 Å². The molecule has 7 rings (SSSR count). The molecule has 1 saturated carbocycles. The van der Waals surface area contributed by atoms with Crippen LogP contribution in [-0.2, 0) is 29.7 Å². The van der Waals surface area contributed by atoms with Gasteiger partial charge in [0.15, 0.2) is 5.60 Å². The molecule has 2 heterocycles. The van der Waals surface area contributed by atoms with Crippen LogP contribution in [0.4, 0.5) is 13.2 Å². The van der Waals surface area contributed by atoms with Gasteiger partial charge < -0.3 is 26.2 Å². The van der Waals surface area contributed by atoms with E-state index in [1.165, 1.54) is 28.5 Å². The molecule has 6 heteroatoms. The molecule has 220 valence electrons. The quantitative estimate of drug-likeness (QED) is 0.246. The summed E-state index contributed by atoms with van der Waals surface area (Å²) in [6.07, 6.45) is -2.07.